The second-order valence-electron chi connectivity index (χ2n) is 14.3. The molecule has 260 valence electrons. The number of hydrogen-bond acceptors (Lipinski definition) is 6. The van der Waals surface area contributed by atoms with E-state index in [1.54, 1.807) is 0 Å². The maximum absolute atomic E-state index is 13.0. The average molecular weight is 689 g/mol. The summed E-state index contributed by atoms with van der Waals surface area (Å²) >= 11 is 0. The van der Waals surface area contributed by atoms with Crippen molar-refractivity contribution in [3.05, 3.63) is 168 Å². The molecule has 1 aliphatic carbocycles. The summed E-state index contributed by atoms with van der Waals surface area (Å²) in [6.45, 7) is 6.75. The molecule has 0 aliphatic heterocycles. The molecule has 1 fully saturated rings. The molecular formula is C43H48O6Si. The molecule has 6 atom stereocenters. The third kappa shape index (κ3) is 7.41. The summed E-state index contributed by atoms with van der Waals surface area (Å²) in [5.41, 5.74) is 0.701. The van der Waals surface area contributed by atoms with Crippen molar-refractivity contribution in [2.24, 2.45) is 0 Å². The van der Waals surface area contributed by atoms with Crippen molar-refractivity contribution >= 4 is 18.7 Å². The second-order valence-corrected chi connectivity index (χ2v) is 18.6. The molecule has 0 aromatic heterocycles. The fraction of sp³-hybridized carbons (Fsp3) is 0.302. The number of ether oxygens (including phenoxy) is 2. The Balaban J connectivity index is 1.49. The monoisotopic (exact) mass is 688 g/mol. The Morgan fingerprint density at radius 2 is 0.960 bits per heavy atom. The number of hydrogen-bond donors (Lipinski definition) is 3. The fourth-order valence-electron chi connectivity index (χ4n) is 7.40. The van der Waals surface area contributed by atoms with Gasteiger partial charge in [-0.2, -0.15) is 0 Å². The maximum Gasteiger partial charge on any atom is 0.261 e. The van der Waals surface area contributed by atoms with Crippen LogP contribution >= 0.6 is 0 Å². The lowest BCUT2D eigenvalue weighted by molar-refractivity contribution is -0.287. The van der Waals surface area contributed by atoms with Gasteiger partial charge in [0.05, 0.1) is 13.2 Å². The molecule has 5 aromatic carbocycles. The maximum atomic E-state index is 13.0. The van der Waals surface area contributed by atoms with E-state index in [2.05, 4.69) is 45.0 Å². The zero-order valence-corrected chi connectivity index (χ0v) is 30.0. The fourth-order valence-corrected chi connectivity index (χ4v) is 12.1. The first-order chi connectivity index (χ1) is 24.1. The predicted octanol–water partition coefficient (Wildman–Crippen LogP) is 5.81. The van der Waals surface area contributed by atoms with Crippen LogP contribution in [0.2, 0.25) is 5.04 Å². The second kappa shape index (κ2) is 15.5. The van der Waals surface area contributed by atoms with E-state index in [1.165, 1.54) is 0 Å². The zero-order chi connectivity index (χ0) is 35.2. The third-order valence-corrected chi connectivity index (χ3v) is 14.9. The first kappa shape index (κ1) is 35.9. The summed E-state index contributed by atoms with van der Waals surface area (Å²) in [6, 6.07) is 49.1. The lowest BCUT2D eigenvalue weighted by Crippen LogP contribution is -2.77. The van der Waals surface area contributed by atoms with Gasteiger partial charge in [-0.05, 0) is 32.1 Å². The highest BCUT2D eigenvalue weighted by molar-refractivity contribution is 6.99. The molecule has 6 rings (SSSR count). The molecule has 1 aliphatic rings. The summed E-state index contributed by atoms with van der Waals surface area (Å²) in [5, 5.41) is 39.6. The SMILES string of the molecule is CC(C)(C)[Si](O[C@@H]1[C@@H](O)[C@H](OCc2ccccc2)[C@@H](OCc2ccccc2)[C@@](O)(Cc2ccccc2)[C@@H]1O)(c1ccccc1)c1ccccc1. The number of aliphatic hydroxyl groups is 3. The molecule has 0 saturated heterocycles. The predicted molar refractivity (Wildman–Crippen MR) is 200 cm³/mol. The summed E-state index contributed by atoms with van der Waals surface area (Å²) in [5.74, 6) is 0. The highest BCUT2D eigenvalue weighted by Crippen LogP contribution is 2.43. The third-order valence-electron chi connectivity index (χ3n) is 9.91. The van der Waals surface area contributed by atoms with Gasteiger partial charge in [-0.3, -0.25) is 0 Å². The normalized spacial score (nSPS) is 24.2. The van der Waals surface area contributed by atoms with Crippen LogP contribution in [0.3, 0.4) is 0 Å². The van der Waals surface area contributed by atoms with Gasteiger partial charge in [-0.25, -0.2) is 0 Å². The first-order valence-corrected chi connectivity index (χ1v) is 19.3. The van der Waals surface area contributed by atoms with Crippen LogP contribution < -0.4 is 10.4 Å². The molecule has 0 amide bonds. The van der Waals surface area contributed by atoms with Crippen LogP contribution in [-0.4, -0.2) is 59.8 Å². The molecule has 5 aromatic rings. The van der Waals surface area contributed by atoms with Crippen molar-refractivity contribution in [3.8, 4) is 0 Å². The van der Waals surface area contributed by atoms with Crippen LogP contribution in [0.4, 0.5) is 0 Å². The smallest absolute Gasteiger partial charge is 0.261 e. The van der Waals surface area contributed by atoms with E-state index in [-0.39, 0.29) is 19.6 Å². The van der Waals surface area contributed by atoms with Crippen LogP contribution in [0.15, 0.2) is 152 Å². The lowest BCUT2D eigenvalue weighted by atomic mass is 9.71. The van der Waals surface area contributed by atoms with Gasteiger partial charge in [0.25, 0.3) is 8.32 Å². The van der Waals surface area contributed by atoms with Crippen molar-refractivity contribution in [2.75, 3.05) is 0 Å². The van der Waals surface area contributed by atoms with Gasteiger partial charge in [-0.15, -0.1) is 0 Å². The van der Waals surface area contributed by atoms with Gasteiger partial charge in [0.2, 0.25) is 0 Å². The van der Waals surface area contributed by atoms with Gasteiger partial charge in [0.1, 0.15) is 36.1 Å². The summed E-state index contributed by atoms with van der Waals surface area (Å²) in [6.07, 6.45) is -6.25. The van der Waals surface area contributed by atoms with E-state index >= 15 is 0 Å². The molecule has 3 N–H and O–H groups in total. The number of aliphatic hydroxyl groups excluding tert-OH is 2. The van der Waals surface area contributed by atoms with Crippen molar-refractivity contribution in [1.29, 1.82) is 0 Å². The molecule has 1 saturated carbocycles. The van der Waals surface area contributed by atoms with Crippen molar-refractivity contribution < 1.29 is 29.2 Å². The Labute approximate surface area is 297 Å². The first-order valence-electron chi connectivity index (χ1n) is 17.4. The molecule has 50 heavy (non-hydrogen) atoms. The van der Waals surface area contributed by atoms with Crippen LogP contribution in [0, 0.1) is 0 Å². The molecule has 0 unspecified atom stereocenters. The molecule has 0 spiro atoms. The van der Waals surface area contributed by atoms with Crippen molar-refractivity contribution in [3.63, 3.8) is 0 Å². The minimum atomic E-state index is -3.31. The largest absolute Gasteiger partial charge is 0.399 e. The molecule has 0 heterocycles. The molecule has 0 bridgehead atoms. The van der Waals surface area contributed by atoms with E-state index in [4.69, 9.17) is 13.9 Å². The summed E-state index contributed by atoms with van der Waals surface area (Å²) < 4.78 is 20.6. The van der Waals surface area contributed by atoms with Crippen molar-refractivity contribution in [2.45, 2.75) is 81.6 Å². The van der Waals surface area contributed by atoms with E-state index in [1.807, 2.05) is 127 Å². The molecular weight excluding hydrogens is 641 g/mol. The Morgan fingerprint density at radius 1 is 0.560 bits per heavy atom. The topological polar surface area (TPSA) is 88.4 Å². The molecule has 7 heteroatoms. The number of rotatable bonds is 12. The van der Waals surface area contributed by atoms with Gasteiger partial charge >= 0.3 is 0 Å². The molecule has 6 nitrogen and oxygen atoms in total. The van der Waals surface area contributed by atoms with Gasteiger partial charge < -0.3 is 29.2 Å². The standard InChI is InChI=1S/C43H48O6Si/c1-42(2,3)50(35-25-15-7-16-26-35,36-27-17-8-18-28-36)49-38-37(44)39(47-30-33-21-11-5-12-22-33)41(48-31-34-23-13-6-14-24-34)43(46,40(38)45)29-32-19-9-4-10-20-32/h4-28,37-41,44-46H,29-31H2,1-3H3/t37-,38-,39+,40-,41-,43-/m1/s1. The average Bonchev–Trinajstić information content (AvgIpc) is 3.14. The van der Waals surface area contributed by atoms with Gasteiger partial charge in [0.15, 0.2) is 0 Å². The van der Waals surface area contributed by atoms with Crippen LogP contribution in [0.1, 0.15) is 37.5 Å². The Bertz CT molecular complexity index is 1710. The summed E-state index contributed by atoms with van der Waals surface area (Å²) in [7, 11) is -3.31. The van der Waals surface area contributed by atoms with E-state index in [9.17, 15) is 15.3 Å². The Hall–Kier alpha value is -3.92. The van der Waals surface area contributed by atoms with Crippen molar-refractivity contribution in [1.82, 2.24) is 0 Å². The Morgan fingerprint density at radius 3 is 1.40 bits per heavy atom. The van der Waals surface area contributed by atoms with Crippen LogP contribution in [0.25, 0.3) is 0 Å². The zero-order valence-electron chi connectivity index (χ0n) is 29.0. The quantitative estimate of drug-likeness (QED) is 0.144. The molecule has 0 radical (unpaired) electrons. The van der Waals surface area contributed by atoms with Crippen LogP contribution in [0.5, 0.6) is 0 Å². The Kier molecular flexibility index (Phi) is 11.2. The van der Waals surface area contributed by atoms with E-state index in [0.717, 1.165) is 27.1 Å². The number of benzene rings is 5. The van der Waals surface area contributed by atoms with E-state index < -0.39 is 49.5 Å². The van der Waals surface area contributed by atoms with Gasteiger partial charge in [-0.1, -0.05) is 172 Å². The lowest BCUT2D eigenvalue weighted by Gasteiger charge is -2.55. The highest BCUT2D eigenvalue weighted by Gasteiger charge is 2.63. The van der Waals surface area contributed by atoms with Crippen LogP contribution in [-0.2, 0) is 33.5 Å². The highest BCUT2D eigenvalue weighted by atomic mass is 28.4. The van der Waals surface area contributed by atoms with Gasteiger partial charge in [0, 0.05) is 6.42 Å². The van der Waals surface area contributed by atoms with E-state index in [0.29, 0.717) is 0 Å². The minimum Gasteiger partial charge on any atom is -0.399 e. The minimum absolute atomic E-state index is 0.0486. The summed E-state index contributed by atoms with van der Waals surface area (Å²) in [4.78, 5) is 0.